The van der Waals surface area contributed by atoms with Crippen LogP contribution in [0.4, 0.5) is 0 Å². The maximum absolute atomic E-state index is 13.7. The van der Waals surface area contributed by atoms with Gasteiger partial charge in [0.25, 0.3) is 0 Å². The van der Waals surface area contributed by atoms with Gasteiger partial charge in [0, 0.05) is 13.1 Å². The Bertz CT molecular complexity index is 1110. The second kappa shape index (κ2) is 9.46. The van der Waals surface area contributed by atoms with Crippen molar-refractivity contribution in [2.24, 2.45) is 17.3 Å². The summed E-state index contributed by atoms with van der Waals surface area (Å²) in [6, 6.07) is 17.7. The van der Waals surface area contributed by atoms with E-state index in [2.05, 4.69) is 32.9 Å². The number of piperidine rings is 1. The van der Waals surface area contributed by atoms with Gasteiger partial charge in [-0.1, -0.05) is 63.2 Å². The first-order valence-corrected chi connectivity index (χ1v) is 13.7. The molecule has 2 fully saturated rings. The lowest BCUT2D eigenvalue weighted by Gasteiger charge is -2.52. The third kappa shape index (κ3) is 4.94. The Kier molecular flexibility index (Phi) is 6.94. The van der Waals surface area contributed by atoms with Crippen LogP contribution >= 0.6 is 0 Å². The average Bonchev–Trinajstić information content (AvgIpc) is 2.83. The van der Waals surface area contributed by atoms with E-state index in [9.17, 15) is 13.2 Å². The van der Waals surface area contributed by atoms with E-state index in [-0.39, 0.29) is 22.7 Å². The minimum Gasteiger partial charge on any atom is -0.469 e. The highest BCUT2D eigenvalue weighted by Crippen LogP contribution is 2.51. The molecule has 34 heavy (non-hydrogen) atoms. The van der Waals surface area contributed by atoms with Crippen LogP contribution in [0.3, 0.4) is 0 Å². The Morgan fingerprint density at radius 3 is 2.35 bits per heavy atom. The molecule has 0 N–H and O–H groups in total. The predicted octanol–water partition coefficient (Wildman–Crippen LogP) is 5.20. The summed E-state index contributed by atoms with van der Waals surface area (Å²) >= 11 is 0. The van der Waals surface area contributed by atoms with Crippen molar-refractivity contribution in [3.8, 4) is 0 Å². The molecule has 0 aromatic heterocycles. The zero-order chi connectivity index (χ0) is 24.6. The third-order valence-electron chi connectivity index (χ3n) is 7.94. The maximum atomic E-state index is 13.7. The molecule has 1 saturated carbocycles. The normalized spacial score (nSPS) is 26.0. The lowest BCUT2D eigenvalue weighted by Crippen LogP contribution is -2.54. The van der Waals surface area contributed by atoms with Crippen molar-refractivity contribution in [1.29, 1.82) is 0 Å². The summed E-state index contributed by atoms with van der Waals surface area (Å²) in [4.78, 5) is 12.6. The number of ether oxygens (including phenoxy) is 1. The predicted molar refractivity (Wildman–Crippen MR) is 134 cm³/mol. The van der Waals surface area contributed by atoms with Crippen LogP contribution in [-0.4, -0.2) is 38.9 Å². The molecule has 2 aliphatic rings. The Labute approximate surface area is 204 Å². The van der Waals surface area contributed by atoms with Crippen LogP contribution in [0.5, 0.6) is 0 Å². The average molecular weight is 484 g/mol. The highest BCUT2D eigenvalue weighted by atomic mass is 32.2. The fraction of sp³-hybridized carbons (Fsp3) is 0.536. The van der Waals surface area contributed by atoms with E-state index in [0.29, 0.717) is 23.9 Å². The third-order valence-corrected chi connectivity index (χ3v) is 9.80. The van der Waals surface area contributed by atoms with Crippen LogP contribution in [0.1, 0.15) is 57.6 Å². The lowest BCUT2D eigenvalue weighted by molar-refractivity contribution is -0.149. The largest absolute Gasteiger partial charge is 0.469 e. The summed E-state index contributed by atoms with van der Waals surface area (Å²) in [7, 11) is -2.15. The number of nitrogens with zero attached hydrogens (tertiary/aromatic N) is 1. The molecule has 0 spiro atoms. The number of sulfonamides is 1. The zero-order valence-electron chi connectivity index (χ0n) is 20.8. The number of esters is 1. The fourth-order valence-electron chi connectivity index (χ4n) is 5.89. The summed E-state index contributed by atoms with van der Waals surface area (Å²) < 4.78 is 34.1. The number of methoxy groups -OCH3 is 1. The van der Waals surface area contributed by atoms with Gasteiger partial charge in [0.15, 0.2) is 0 Å². The van der Waals surface area contributed by atoms with Crippen molar-refractivity contribution in [3.63, 3.8) is 0 Å². The Balaban J connectivity index is 1.62. The maximum Gasteiger partial charge on any atom is 0.308 e. The van der Waals surface area contributed by atoms with Crippen LogP contribution in [-0.2, 0) is 31.4 Å². The minimum absolute atomic E-state index is 0.0291. The van der Waals surface area contributed by atoms with E-state index in [1.54, 1.807) is 16.4 Å². The van der Waals surface area contributed by atoms with Gasteiger partial charge in [-0.25, -0.2) is 8.42 Å². The molecule has 0 amide bonds. The lowest BCUT2D eigenvalue weighted by atomic mass is 9.58. The fourth-order valence-corrected chi connectivity index (χ4v) is 7.44. The number of fused-ring (bicyclic) bond motifs is 1. The van der Waals surface area contributed by atoms with Crippen molar-refractivity contribution in [1.82, 2.24) is 4.31 Å². The van der Waals surface area contributed by atoms with E-state index in [1.165, 1.54) is 12.7 Å². The second-order valence-electron chi connectivity index (χ2n) is 11.1. The smallest absolute Gasteiger partial charge is 0.308 e. The molecule has 4 rings (SSSR count). The molecular formula is C28H37NO4S. The molecule has 5 nitrogen and oxygen atoms in total. The van der Waals surface area contributed by atoms with Crippen LogP contribution in [0, 0.1) is 17.3 Å². The zero-order valence-corrected chi connectivity index (χ0v) is 21.6. The first kappa shape index (κ1) is 24.9. The standard InChI is InChI=1S/C28H37NO4S/c1-27(2,3)23-10-12-25(13-11-23)34(31,32)29-17-15-24-18-22(26(30)33-4)14-16-28(24,20-29)19-21-8-6-5-7-9-21/h5-13,22,24H,14-20H2,1-4H3/t22-,24-,28?/m0/s1. The molecule has 2 aromatic rings. The Hall–Kier alpha value is -2.18. The summed E-state index contributed by atoms with van der Waals surface area (Å²) in [5.74, 6) is 0.0644. The SMILES string of the molecule is COC(=O)[C@H]1CCC2(Cc3ccccc3)CN(S(=O)(=O)c3ccc(C(C)(C)C)cc3)CC[C@H]2C1. The minimum atomic E-state index is -3.60. The molecule has 184 valence electrons. The number of hydrogen-bond donors (Lipinski definition) is 0. The van der Waals surface area contributed by atoms with Crippen LogP contribution < -0.4 is 0 Å². The van der Waals surface area contributed by atoms with E-state index in [4.69, 9.17) is 4.74 Å². The van der Waals surface area contributed by atoms with Gasteiger partial charge in [0.05, 0.1) is 17.9 Å². The van der Waals surface area contributed by atoms with Crippen LogP contribution in [0.15, 0.2) is 59.5 Å². The number of benzene rings is 2. The summed E-state index contributed by atoms with van der Waals surface area (Å²) in [6.45, 7) is 7.35. The van der Waals surface area contributed by atoms with Gasteiger partial charge in [0.2, 0.25) is 10.0 Å². The summed E-state index contributed by atoms with van der Waals surface area (Å²) in [5, 5.41) is 0. The van der Waals surface area contributed by atoms with Crippen LogP contribution in [0.25, 0.3) is 0 Å². The molecule has 0 radical (unpaired) electrons. The summed E-state index contributed by atoms with van der Waals surface area (Å²) in [6.07, 6.45) is 3.92. The molecule has 6 heteroatoms. The van der Waals surface area contributed by atoms with Gasteiger partial charge in [-0.2, -0.15) is 4.31 Å². The molecule has 0 bridgehead atoms. The number of carbonyl (C=O) groups excluding carboxylic acids is 1. The van der Waals surface area contributed by atoms with E-state index < -0.39 is 10.0 Å². The molecule has 1 heterocycles. The molecule has 2 aromatic carbocycles. The molecule has 1 saturated heterocycles. The van der Waals surface area contributed by atoms with E-state index in [1.807, 2.05) is 30.3 Å². The molecule has 1 aliphatic heterocycles. The molecule has 1 unspecified atom stereocenters. The van der Waals surface area contributed by atoms with Gasteiger partial charge >= 0.3 is 5.97 Å². The van der Waals surface area contributed by atoms with E-state index >= 15 is 0 Å². The van der Waals surface area contributed by atoms with E-state index in [0.717, 1.165) is 37.7 Å². The van der Waals surface area contributed by atoms with Gasteiger partial charge < -0.3 is 4.74 Å². The molecule has 1 aliphatic carbocycles. The topological polar surface area (TPSA) is 63.7 Å². The van der Waals surface area contributed by atoms with Gasteiger partial charge in [-0.15, -0.1) is 0 Å². The van der Waals surface area contributed by atoms with Gasteiger partial charge in [0.1, 0.15) is 0 Å². The summed E-state index contributed by atoms with van der Waals surface area (Å²) in [5.41, 5.74) is 2.13. The van der Waals surface area contributed by atoms with Crippen molar-refractivity contribution in [2.45, 2.75) is 63.2 Å². The quantitative estimate of drug-likeness (QED) is 0.549. The number of carbonyl (C=O) groups is 1. The Morgan fingerprint density at radius 2 is 1.74 bits per heavy atom. The molecular weight excluding hydrogens is 446 g/mol. The first-order chi connectivity index (χ1) is 16.0. The van der Waals surface area contributed by atoms with Crippen molar-refractivity contribution in [3.05, 3.63) is 65.7 Å². The molecule has 3 atom stereocenters. The van der Waals surface area contributed by atoms with Gasteiger partial charge in [-0.3, -0.25) is 4.79 Å². The number of rotatable bonds is 5. The van der Waals surface area contributed by atoms with Crippen molar-refractivity contribution >= 4 is 16.0 Å². The van der Waals surface area contributed by atoms with Crippen LogP contribution in [0.2, 0.25) is 0 Å². The van der Waals surface area contributed by atoms with Gasteiger partial charge in [-0.05, 0) is 72.1 Å². The Morgan fingerprint density at radius 1 is 1.06 bits per heavy atom. The number of hydrogen-bond acceptors (Lipinski definition) is 4. The monoisotopic (exact) mass is 483 g/mol. The van der Waals surface area contributed by atoms with Crippen molar-refractivity contribution in [2.75, 3.05) is 20.2 Å². The second-order valence-corrected chi connectivity index (χ2v) is 13.1. The first-order valence-electron chi connectivity index (χ1n) is 12.3. The highest BCUT2D eigenvalue weighted by Gasteiger charge is 2.50. The highest BCUT2D eigenvalue weighted by molar-refractivity contribution is 7.89. The van der Waals surface area contributed by atoms with Crippen molar-refractivity contribution < 1.29 is 17.9 Å².